The van der Waals surface area contributed by atoms with Crippen LogP contribution in [0.25, 0.3) is 0 Å². The van der Waals surface area contributed by atoms with Gasteiger partial charge in [0.25, 0.3) is 0 Å². The molecular weight excluding hydrogens is 480 g/mol. The Morgan fingerprint density at radius 2 is 1.94 bits per heavy atom. The van der Waals surface area contributed by atoms with Crippen LogP contribution >= 0.6 is 0 Å². The number of sulfonamides is 1. The Bertz CT molecular complexity index is 1050. The van der Waals surface area contributed by atoms with Gasteiger partial charge in [0.15, 0.2) is 0 Å². The number of nitrogens with one attached hydrogen (secondary N) is 2. The van der Waals surface area contributed by atoms with Crippen molar-refractivity contribution in [2.24, 2.45) is 11.8 Å². The fourth-order valence-electron chi connectivity index (χ4n) is 4.90. The van der Waals surface area contributed by atoms with Gasteiger partial charge in [0, 0.05) is 26.1 Å². The van der Waals surface area contributed by atoms with E-state index >= 15 is 0 Å². The average molecular weight is 519 g/mol. The van der Waals surface area contributed by atoms with E-state index in [9.17, 15) is 23.3 Å². The van der Waals surface area contributed by atoms with E-state index in [1.807, 2.05) is 19.9 Å². The van der Waals surface area contributed by atoms with Crippen LogP contribution in [-0.2, 0) is 24.3 Å². The van der Waals surface area contributed by atoms with E-state index in [0.717, 1.165) is 6.42 Å². The molecule has 3 rings (SSSR count). The van der Waals surface area contributed by atoms with Crippen molar-refractivity contribution in [2.75, 3.05) is 26.2 Å². The second-order valence-electron chi connectivity index (χ2n) is 10.1. The molecule has 9 nitrogen and oxygen atoms in total. The highest BCUT2D eigenvalue weighted by molar-refractivity contribution is 7.89. The molecule has 2 atom stereocenters. The highest BCUT2D eigenvalue weighted by Crippen LogP contribution is 2.28. The van der Waals surface area contributed by atoms with Crippen LogP contribution in [0, 0.1) is 23.2 Å². The minimum atomic E-state index is -3.88. The van der Waals surface area contributed by atoms with Crippen molar-refractivity contribution < 1.29 is 22.7 Å². The summed E-state index contributed by atoms with van der Waals surface area (Å²) in [4.78, 5) is 25.4. The third-order valence-electron chi connectivity index (χ3n) is 6.84. The van der Waals surface area contributed by atoms with Crippen LogP contribution in [0.2, 0.25) is 0 Å². The summed E-state index contributed by atoms with van der Waals surface area (Å²) in [6.07, 6.45) is 6.09. The summed E-state index contributed by atoms with van der Waals surface area (Å²) in [5.74, 6) is 0.417. The van der Waals surface area contributed by atoms with Gasteiger partial charge >= 0.3 is 0 Å². The van der Waals surface area contributed by atoms with Crippen molar-refractivity contribution in [3.63, 3.8) is 0 Å². The van der Waals surface area contributed by atoms with E-state index < -0.39 is 22.2 Å². The van der Waals surface area contributed by atoms with Gasteiger partial charge in [-0.05, 0) is 36.8 Å². The number of hydrogen-bond donors (Lipinski definition) is 2. The molecule has 1 aromatic rings. The van der Waals surface area contributed by atoms with E-state index in [-0.39, 0.29) is 54.4 Å². The highest BCUT2D eigenvalue weighted by atomic mass is 32.2. The normalized spacial score (nSPS) is 20.1. The highest BCUT2D eigenvalue weighted by Gasteiger charge is 2.33. The second-order valence-corrected chi connectivity index (χ2v) is 12.1. The Balaban J connectivity index is 1.55. The molecule has 10 heteroatoms. The zero-order valence-electron chi connectivity index (χ0n) is 21.2. The van der Waals surface area contributed by atoms with E-state index in [1.165, 1.54) is 42.1 Å². The number of rotatable bonds is 11. The third kappa shape index (κ3) is 7.76. The summed E-state index contributed by atoms with van der Waals surface area (Å²) >= 11 is 0. The topological polar surface area (TPSA) is 129 Å². The molecule has 1 saturated heterocycles. The standard InChI is InChI=1S/C26H38N4O5S/c1-19(2)15-23(29-25(31)12-11-20-7-3-4-8-20)26(32)28-17-22-18-30(13-14-35-22)36(33,34)24-10-6-5-9-21(24)16-27/h5-6,9-10,19-20,22-23H,3-4,7-8,11-15,17-18H2,1-2H3,(H,28,32)(H,29,31)/t22?,23-/m1/s1. The van der Waals surface area contributed by atoms with E-state index in [2.05, 4.69) is 10.6 Å². The molecule has 2 amide bonds. The third-order valence-corrected chi connectivity index (χ3v) is 8.77. The zero-order chi connectivity index (χ0) is 26.1. The quantitative estimate of drug-likeness (QED) is 0.463. The van der Waals surface area contributed by atoms with Crippen LogP contribution in [0.15, 0.2) is 29.2 Å². The second kappa shape index (κ2) is 13.2. The molecule has 1 aromatic carbocycles. The summed E-state index contributed by atoms with van der Waals surface area (Å²) < 4.78 is 33.3. The number of nitrogens with zero attached hydrogens (tertiary/aromatic N) is 2. The molecule has 0 spiro atoms. The minimum absolute atomic E-state index is 0.0329. The first-order valence-electron chi connectivity index (χ1n) is 12.9. The number of benzene rings is 1. The van der Waals surface area contributed by atoms with E-state index in [1.54, 1.807) is 12.1 Å². The van der Waals surface area contributed by atoms with Crippen LogP contribution in [0.1, 0.15) is 64.4 Å². The van der Waals surface area contributed by atoms with Crippen LogP contribution in [0.3, 0.4) is 0 Å². The van der Waals surface area contributed by atoms with Gasteiger partial charge in [-0.2, -0.15) is 9.57 Å². The van der Waals surface area contributed by atoms with Crippen molar-refractivity contribution in [1.29, 1.82) is 5.26 Å². The number of carbonyl (C=O) groups excluding carboxylic acids is 2. The molecule has 2 fully saturated rings. The van der Waals surface area contributed by atoms with Crippen molar-refractivity contribution in [3.8, 4) is 6.07 Å². The molecule has 1 unspecified atom stereocenters. The lowest BCUT2D eigenvalue weighted by atomic mass is 10.00. The lowest BCUT2D eigenvalue weighted by Crippen LogP contribution is -2.53. The molecule has 36 heavy (non-hydrogen) atoms. The summed E-state index contributed by atoms with van der Waals surface area (Å²) in [7, 11) is -3.88. The molecule has 0 aromatic heterocycles. The van der Waals surface area contributed by atoms with Crippen molar-refractivity contribution in [1.82, 2.24) is 14.9 Å². The lowest BCUT2D eigenvalue weighted by molar-refractivity contribution is -0.130. The molecule has 0 radical (unpaired) electrons. The average Bonchev–Trinajstić information content (AvgIpc) is 3.39. The van der Waals surface area contributed by atoms with E-state index in [0.29, 0.717) is 18.8 Å². The van der Waals surface area contributed by atoms with Crippen LogP contribution < -0.4 is 10.6 Å². The van der Waals surface area contributed by atoms with Gasteiger partial charge in [0.05, 0.1) is 23.2 Å². The number of morpholine rings is 1. The number of carbonyl (C=O) groups is 2. The molecule has 1 aliphatic heterocycles. The molecule has 2 N–H and O–H groups in total. The number of nitriles is 1. The Morgan fingerprint density at radius 3 is 2.64 bits per heavy atom. The lowest BCUT2D eigenvalue weighted by Gasteiger charge is -2.32. The Morgan fingerprint density at radius 1 is 1.22 bits per heavy atom. The Hall–Kier alpha value is -2.48. The van der Waals surface area contributed by atoms with Gasteiger partial charge in [0.2, 0.25) is 21.8 Å². The van der Waals surface area contributed by atoms with E-state index in [4.69, 9.17) is 4.74 Å². The number of hydrogen-bond acceptors (Lipinski definition) is 6. The monoisotopic (exact) mass is 518 g/mol. The van der Waals surface area contributed by atoms with Crippen molar-refractivity contribution >= 4 is 21.8 Å². The van der Waals surface area contributed by atoms with Gasteiger partial charge in [-0.1, -0.05) is 51.7 Å². The fraction of sp³-hybridized carbons (Fsp3) is 0.654. The van der Waals surface area contributed by atoms with Crippen LogP contribution in [0.4, 0.5) is 0 Å². The first-order valence-corrected chi connectivity index (χ1v) is 14.3. The zero-order valence-corrected chi connectivity index (χ0v) is 22.1. The molecule has 2 aliphatic rings. The maximum atomic E-state index is 13.1. The first kappa shape index (κ1) is 28.1. The van der Waals surface area contributed by atoms with Gasteiger partial charge in [-0.25, -0.2) is 8.42 Å². The predicted octanol–water partition coefficient (Wildman–Crippen LogP) is 2.57. The number of amides is 2. The molecule has 198 valence electrons. The number of ether oxygens (including phenoxy) is 1. The molecular formula is C26H38N4O5S. The molecule has 1 heterocycles. The maximum Gasteiger partial charge on any atom is 0.244 e. The summed E-state index contributed by atoms with van der Waals surface area (Å²) in [6.45, 7) is 4.53. The Labute approximate surface area is 214 Å². The summed E-state index contributed by atoms with van der Waals surface area (Å²) in [5.41, 5.74) is 0.0917. The van der Waals surface area contributed by atoms with Gasteiger partial charge in [0.1, 0.15) is 12.1 Å². The predicted molar refractivity (Wildman–Crippen MR) is 135 cm³/mol. The van der Waals surface area contributed by atoms with Crippen molar-refractivity contribution in [2.45, 2.75) is 75.8 Å². The Kier molecular flexibility index (Phi) is 10.3. The SMILES string of the molecule is CC(C)C[C@@H](NC(=O)CCC1CCCC1)C(=O)NCC1CN(S(=O)(=O)c2ccccc2C#N)CCO1. The maximum absolute atomic E-state index is 13.1. The van der Waals surface area contributed by atoms with Crippen LogP contribution in [-0.4, -0.2) is 62.9 Å². The fourth-order valence-corrected chi connectivity index (χ4v) is 6.50. The summed E-state index contributed by atoms with van der Waals surface area (Å²) in [6, 6.07) is 7.39. The molecule has 1 aliphatic carbocycles. The summed E-state index contributed by atoms with van der Waals surface area (Å²) in [5, 5.41) is 15.0. The largest absolute Gasteiger partial charge is 0.374 e. The van der Waals surface area contributed by atoms with Crippen LogP contribution in [0.5, 0.6) is 0 Å². The first-order chi connectivity index (χ1) is 17.2. The minimum Gasteiger partial charge on any atom is -0.374 e. The van der Waals surface area contributed by atoms with Gasteiger partial charge in [-0.3, -0.25) is 9.59 Å². The smallest absolute Gasteiger partial charge is 0.244 e. The van der Waals surface area contributed by atoms with Crippen molar-refractivity contribution in [3.05, 3.63) is 29.8 Å². The molecule has 0 bridgehead atoms. The molecule has 1 saturated carbocycles. The van der Waals surface area contributed by atoms with Gasteiger partial charge in [-0.15, -0.1) is 0 Å². The van der Waals surface area contributed by atoms with Gasteiger partial charge < -0.3 is 15.4 Å².